The lowest BCUT2D eigenvalue weighted by Gasteiger charge is -2.08. The number of rotatable bonds is 6. The Hall–Kier alpha value is -1.51. The zero-order valence-electron chi connectivity index (χ0n) is 10.0. The van der Waals surface area contributed by atoms with Gasteiger partial charge in [0.2, 0.25) is 10.0 Å². The molecule has 0 aliphatic rings. The minimum absolute atomic E-state index is 0.0900. The van der Waals surface area contributed by atoms with Gasteiger partial charge < -0.3 is 4.74 Å². The largest absolute Gasteiger partial charge is 0.383 e. The van der Waals surface area contributed by atoms with Crippen molar-refractivity contribution in [3.8, 4) is 0 Å². The molecular weight excluding hydrogens is 260 g/mol. The first-order chi connectivity index (χ1) is 8.38. The van der Waals surface area contributed by atoms with Gasteiger partial charge in [-0.05, 0) is 12.5 Å². The summed E-state index contributed by atoms with van der Waals surface area (Å²) in [4.78, 5) is 9.90. The van der Waals surface area contributed by atoms with E-state index in [4.69, 9.17) is 4.74 Å². The van der Waals surface area contributed by atoms with Gasteiger partial charge in [0, 0.05) is 25.8 Å². The van der Waals surface area contributed by atoms with E-state index >= 15 is 0 Å². The molecule has 7 nitrogen and oxygen atoms in total. The zero-order valence-corrected chi connectivity index (χ0v) is 10.9. The fraction of sp³-hybridized carbons (Fsp3) is 0.400. The van der Waals surface area contributed by atoms with E-state index in [1.165, 1.54) is 19.2 Å². The molecule has 0 saturated heterocycles. The van der Waals surface area contributed by atoms with E-state index in [0.717, 1.165) is 6.07 Å². The molecule has 18 heavy (non-hydrogen) atoms. The van der Waals surface area contributed by atoms with E-state index in [-0.39, 0.29) is 23.7 Å². The molecule has 0 amide bonds. The fourth-order valence-electron chi connectivity index (χ4n) is 1.35. The van der Waals surface area contributed by atoms with Crippen molar-refractivity contribution >= 4 is 15.7 Å². The van der Waals surface area contributed by atoms with Crippen molar-refractivity contribution in [2.24, 2.45) is 0 Å². The molecule has 0 heterocycles. The van der Waals surface area contributed by atoms with Gasteiger partial charge in [-0.1, -0.05) is 6.07 Å². The number of nitro benzene ring substituents is 1. The average Bonchev–Trinajstić information content (AvgIpc) is 2.29. The molecule has 0 atom stereocenters. The molecule has 1 N–H and O–H groups in total. The van der Waals surface area contributed by atoms with Crippen LogP contribution in [0.5, 0.6) is 0 Å². The predicted octanol–water partition coefficient (Wildman–Crippen LogP) is 0.828. The minimum atomic E-state index is -3.75. The molecule has 0 aliphatic carbocycles. The third kappa shape index (κ3) is 3.49. The van der Waals surface area contributed by atoms with Gasteiger partial charge in [0.1, 0.15) is 0 Å². The lowest BCUT2D eigenvalue weighted by molar-refractivity contribution is -0.385. The molecule has 100 valence electrons. The molecule has 0 aromatic heterocycles. The van der Waals surface area contributed by atoms with Crippen LogP contribution >= 0.6 is 0 Å². The van der Waals surface area contributed by atoms with Crippen LogP contribution in [0.15, 0.2) is 23.1 Å². The van der Waals surface area contributed by atoms with Crippen molar-refractivity contribution in [3.05, 3.63) is 33.9 Å². The van der Waals surface area contributed by atoms with Crippen LogP contribution in [0.25, 0.3) is 0 Å². The number of benzene rings is 1. The van der Waals surface area contributed by atoms with Crippen molar-refractivity contribution in [2.75, 3.05) is 20.3 Å². The molecule has 1 aromatic rings. The van der Waals surface area contributed by atoms with Gasteiger partial charge in [-0.15, -0.1) is 0 Å². The molecule has 1 aromatic carbocycles. The van der Waals surface area contributed by atoms with Crippen LogP contribution in [0, 0.1) is 17.0 Å². The lowest BCUT2D eigenvalue weighted by Crippen LogP contribution is -2.27. The second kappa shape index (κ2) is 5.89. The lowest BCUT2D eigenvalue weighted by atomic mass is 10.2. The maximum atomic E-state index is 11.9. The summed E-state index contributed by atoms with van der Waals surface area (Å²) in [6, 6.07) is 3.72. The van der Waals surface area contributed by atoms with Gasteiger partial charge in [0.05, 0.1) is 16.4 Å². The third-order valence-electron chi connectivity index (χ3n) is 2.27. The summed E-state index contributed by atoms with van der Waals surface area (Å²) in [6.07, 6.45) is 0. The number of nitrogens with zero attached hydrogens (tertiary/aromatic N) is 1. The Labute approximate surface area is 105 Å². The number of nitrogens with one attached hydrogen (secondary N) is 1. The Kier molecular flexibility index (Phi) is 4.76. The Balaban J connectivity index is 3.07. The number of non-ortho nitro benzene ring substituents is 1. The van der Waals surface area contributed by atoms with Gasteiger partial charge in [-0.2, -0.15) is 0 Å². The molecule has 0 saturated carbocycles. The minimum Gasteiger partial charge on any atom is -0.383 e. The number of ether oxygens (including phenoxy) is 1. The first kappa shape index (κ1) is 14.6. The van der Waals surface area contributed by atoms with Gasteiger partial charge in [-0.25, -0.2) is 13.1 Å². The average molecular weight is 274 g/mol. The fourth-order valence-corrected chi connectivity index (χ4v) is 2.62. The van der Waals surface area contributed by atoms with Crippen molar-refractivity contribution in [3.63, 3.8) is 0 Å². The third-order valence-corrected chi connectivity index (χ3v) is 3.87. The van der Waals surface area contributed by atoms with E-state index in [2.05, 4.69) is 4.72 Å². The molecule has 0 spiro atoms. The number of methoxy groups -OCH3 is 1. The highest BCUT2D eigenvalue weighted by Gasteiger charge is 2.19. The first-order valence-corrected chi connectivity index (χ1v) is 6.60. The highest BCUT2D eigenvalue weighted by Crippen LogP contribution is 2.21. The van der Waals surface area contributed by atoms with Crippen LogP contribution in [0.3, 0.4) is 0 Å². The van der Waals surface area contributed by atoms with Gasteiger partial charge in [0.25, 0.3) is 5.69 Å². The smallest absolute Gasteiger partial charge is 0.270 e. The Morgan fingerprint density at radius 3 is 2.67 bits per heavy atom. The van der Waals surface area contributed by atoms with Crippen molar-refractivity contribution in [1.82, 2.24) is 4.72 Å². The normalized spacial score (nSPS) is 11.4. The van der Waals surface area contributed by atoms with Crippen LogP contribution in [0.1, 0.15) is 5.56 Å². The zero-order chi connectivity index (χ0) is 13.8. The van der Waals surface area contributed by atoms with Gasteiger partial charge in [-0.3, -0.25) is 10.1 Å². The highest BCUT2D eigenvalue weighted by atomic mass is 32.2. The van der Waals surface area contributed by atoms with E-state index in [0.29, 0.717) is 5.56 Å². The number of hydrogen-bond donors (Lipinski definition) is 1. The standard InChI is InChI=1S/C10H14N2O5S/c1-8-3-4-9(12(13)14)7-10(8)18(15,16)11-5-6-17-2/h3-4,7,11H,5-6H2,1-2H3. The Morgan fingerprint density at radius 1 is 1.44 bits per heavy atom. The predicted molar refractivity (Wildman–Crippen MR) is 64.9 cm³/mol. The highest BCUT2D eigenvalue weighted by molar-refractivity contribution is 7.89. The molecule has 0 unspecified atom stereocenters. The molecule has 0 bridgehead atoms. The summed E-state index contributed by atoms with van der Waals surface area (Å²) in [6.45, 7) is 1.92. The number of hydrogen-bond acceptors (Lipinski definition) is 5. The summed E-state index contributed by atoms with van der Waals surface area (Å²) in [7, 11) is -2.30. The second-order valence-electron chi connectivity index (χ2n) is 3.60. The summed E-state index contributed by atoms with van der Waals surface area (Å²) in [5, 5.41) is 10.6. The maximum absolute atomic E-state index is 11.9. The molecule has 8 heteroatoms. The molecule has 0 radical (unpaired) electrons. The van der Waals surface area contributed by atoms with Crippen LogP contribution in [0.4, 0.5) is 5.69 Å². The van der Waals surface area contributed by atoms with Crippen LogP contribution in [-0.4, -0.2) is 33.6 Å². The maximum Gasteiger partial charge on any atom is 0.270 e. The number of nitro groups is 1. The Bertz CT molecular complexity index is 541. The van der Waals surface area contributed by atoms with Crippen LogP contribution in [0.2, 0.25) is 0 Å². The van der Waals surface area contributed by atoms with Crippen molar-refractivity contribution in [1.29, 1.82) is 0 Å². The van der Waals surface area contributed by atoms with Gasteiger partial charge in [0.15, 0.2) is 0 Å². The molecule has 0 aliphatic heterocycles. The SMILES string of the molecule is COCCNS(=O)(=O)c1cc([N+](=O)[O-])ccc1C. The summed E-state index contributed by atoms with van der Waals surface area (Å²) >= 11 is 0. The molecule has 0 fully saturated rings. The van der Waals surface area contributed by atoms with E-state index in [9.17, 15) is 18.5 Å². The van der Waals surface area contributed by atoms with Crippen LogP contribution in [-0.2, 0) is 14.8 Å². The van der Waals surface area contributed by atoms with E-state index in [1.807, 2.05) is 0 Å². The molecule has 1 rings (SSSR count). The number of sulfonamides is 1. The first-order valence-electron chi connectivity index (χ1n) is 5.12. The summed E-state index contributed by atoms with van der Waals surface area (Å²) in [5.74, 6) is 0. The molecular formula is C10H14N2O5S. The van der Waals surface area contributed by atoms with E-state index in [1.54, 1.807) is 6.92 Å². The quantitative estimate of drug-likeness (QED) is 0.470. The summed E-state index contributed by atoms with van der Waals surface area (Å²) in [5.41, 5.74) is 0.193. The van der Waals surface area contributed by atoms with E-state index < -0.39 is 14.9 Å². The van der Waals surface area contributed by atoms with Crippen LogP contribution < -0.4 is 4.72 Å². The van der Waals surface area contributed by atoms with Crippen molar-refractivity contribution < 1.29 is 18.1 Å². The summed E-state index contributed by atoms with van der Waals surface area (Å²) < 4.78 is 30.9. The number of aryl methyl sites for hydroxylation is 1. The van der Waals surface area contributed by atoms with Crippen molar-refractivity contribution in [2.45, 2.75) is 11.8 Å². The topological polar surface area (TPSA) is 98.5 Å². The Morgan fingerprint density at radius 2 is 2.11 bits per heavy atom. The monoisotopic (exact) mass is 274 g/mol. The second-order valence-corrected chi connectivity index (χ2v) is 5.33. The van der Waals surface area contributed by atoms with Gasteiger partial charge >= 0.3 is 0 Å².